The number of rotatable bonds is 42. The summed E-state index contributed by atoms with van der Waals surface area (Å²) < 4.78 is 54.4. The number of aldehydes is 1. The average molecular weight is 1280 g/mol. The van der Waals surface area contributed by atoms with Crippen LogP contribution >= 0.6 is 0 Å². The van der Waals surface area contributed by atoms with Gasteiger partial charge in [-0.1, -0.05) is 75.2 Å². The number of carbonyl (C=O) groups is 14. The van der Waals surface area contributed by atoms with Crippen LogP contribution in [-0.4, -0.2) is 183 Å². The Kier molecular flexibility index (Phi) is 35.0. The monoisotopic (exact) mass is 1270 g/mol. The van der Waals surface area contributed by atoms with Crippen LogP contribution in [-0.2, 0) is 114 Å². The third kappa shape index (κ3) is 22.2. The average Bonchev–Trinajstić information content (AvgIpc) is 0.845. The molecule has 0 amide bonds. The predicted octanol–water partition coefficient (Wildman–Crippen LogP) is 0.214. The minimum Gasteiger partial charge on any atom is -0.466 e. The molecule has 0 bridgehead atoms. The van der Waals surface area contributed by atoms with Crippen LogP contribution in [0.5, 0.6) is 0 Å². The maximum Gasteiger partial charge on any atom is 0.324 e. The fourth-order valence-electron chi connectivity index (χ4n) is 8.06. The second-order valence-corrected chi connectivity index (χ2v) is 22.9. The Morgan fingerprint density at radius 2 is 0.809 bits per heavy atom. The van der Waals surface area contributed by atoms with Crippen molar-refractivity contribution in [3.8, 4) is 0 Å². The molecule has 0 saturated heterocycles. The summed E-state index contributed by atoms with van der Waals surface area (Å²) in [5.41, 5.74) is 29.3. The van der Waals surface area contributed by atoms with E-state index < -0.39 is 229 Å². The lowest BCUT2D eigenvalue weighted by Crippen LogP contribution is -2.66. The Bertz CT molecular complexity index is 2470. The van der Waals surface area contributed by atoms with Gasteiger partial charge in [0.15, 0.2) is 41.7 Å². The number of ketones is 3. The quantitative estimate of drug-likeness (QED) is 0.0206. The lowest BCUT2D eigenvalue weighted by molar-refractivity contribution is -0.193. The maximum atomic E-state index is 16.7. The number of nitrogens with two attached hydrogens (primary N) is 6. The molecule has 15 atom stereocenters. The van der Waals surface area contributed by atoms with Gasteiger partial charge in [-0.25, -0.2) is 0 Å². The van der Waals surface area contributed by atoms with Gasteiger partial charge in [-0.05, 0) is 78.6 Å². The molecule has 30 heteroatoms. The van der Waals surface area contributed by atoms with Crippen molar-refractivity contribution in [3.05, 3.63) is 0 Å². The molecule has 0 aromatic carbocycles. The van der Waals surface area contributed by atoms with Crippen molar-refractivity contribution in [1.29, 1.82) is 0 Å². The largest absolute Gasteiger partial charge is 0.466 e. The first-order valence-corrected chi connectivity index (χ1v) is 29.8. The minimum atomic E-state index is -4.36. The van der Waals surface area contributed by atoms with Gasteiger partial charge in [0.1, 0.15) is 42.5 Å². The molecular formula is C59H98N6O24. The molecule has 12 N–H and O–H groups in total. The van der Waals surface area contributed by atoms with E-state index in [1.165, 1.54) is 83.1 Å². The molecule has 508 valence electrons. The highest BCUT2D eigenvalue weighted by atomic mass is 16.6. The van der Waals surface area contributed by atoms with E-state index in [-0.39, 0.29) is 32.5 Å². The molecule has 6 unspecified atom stereocenters. The first-order valence-electron chi connectivity index (χ1n) is 29.8. The van der Waals surface area contributed by atoms with Crippen molar-refractivity contribution in [2.45, 2.75) is 216 Å². The topological polar surface area (TPSA) is 487 Å². The predicted molar refractivity (Wildman–Crippen MR) is 313 cm³/mol. The van der Waals surface area contributed by atoms with Gasteiger partial charge in [0.2, 0.25) is 11.6 Å². The molecule has 0 fully saturated rings. The Morgan fingerprint density at radius 1 is 0.438 bits per heavy atom. The third-order valence-corrected chi connectivity index (χ3v) is 15.4. The first kappa shape index (κ1) is 82.1. The molecule has 0 rings (SSSR count). The lowest BCUT2D eigenvalue weighted by atomic mass is 9.68. The zero-order valence-corrected chi connectivity index (χ0v) is 54.3. The van der Waals surface area contributed by atoms with Crippen molar-refractivity contribution < 1.29 is 114 Å². The Labute approximate surface area is 519 Å². The van der Waals surface area contributed by atoms with E-state index in [9.17, 15) is 47.9 Å². The van der Waals surface area contributed by atoms with Crippen molar-refractivity contribution in [3.63, 3.8) is 0 Å². The summed E-state index contributed by atoms with van der Waals surface area (Å²) in [6.07, 6.45) is -19.3. The second kappa shape index (κ2) is 38.0. The molecule has 0 aliphatic heterocycles. The summed E-state index contributed by atoms with van der Waals surface area (Å²) in [6.45, 7) is 19.9. The molecule has 0 spiro atoms. The molecule has 0 aromatic heterocycles. The molecule has 0 heterocycles. The molecular weight excluding hydrogens is 1180 g/mol. The highest BCUT2D eigenvalue weighted by Crippen LogP contribution is 2.37. The normalized spacial score (nSPS) is 17.3. The third-order valence-electron chi connectivity index (χ3n) is 15.4. The van der Waals surface area contributed by atoms with E-state index in [4.69, 9.17) is 81.8 Å². The van der Waals surface area contributed by atoms with Gasteiger partial charge >= 0.3 is 59.7 Å². The standard InChI is InChI=1S/C59H98N6O24/c1-17-31(12)40(62)51(74)86-35(27-37(69)81-21-5)43(88-52(75)41(63)32(13)18-2)47(71)59(28-66,46(70)42(87-50(73)39(61)30(10)11)34(26-36(68)80-20-4)85-49(72)38(60)29(8)9)48(89-54(77)44(64)57(14,15)55(78)82-22-6)33(67)24-25-84-53(76)45(65)58(16,19-3)56(79)83-23-7/h28-32,34-35,38-45,48H,17-27,60-65H2,1-16H3/t31-,32-,34?,35?,38-,39-,40-,41-,42?,43?,44+,45+,48?,58+,59?/m0/s1. The smallest absolute Gasteiger partial charge is 0.324 e. The fourth-order valence-corrected chi connectivity index (χ4v) is 8.06. The Hall–Kier alpha value is -6.86. The van der Waals surface area contributed by atoms with E-state index >= 15 is 19.2 Å². The number of Topliss-reactive ketones (excluding diaryl/α,β-unsaturated/α-hetero) is 3. The van der Waals surface area contributed by atoms with E-state index in [2.05, 4.69) is 0 Å². The number of hydrogen-bond acceptors (Lipinski definition) is 30. The highest BCUT2D eigenvalue weighted by Gasteiger charge is 2.65. The van der Waals surface area contributed by atoms with Gasteiger partial charge < -0.3 is 86.6 Å². The molecule has 0 aliphatic carbocycles. The summed E-state index contributed by atoms with van der Waals surface area (Å²) >= 11 is 0. The number of esters is 10. The van der Waals surface area contributed by atoms with Gasteiger partial charge in [0.25, 0.3) is 0 Å². The van der Waals surface area contributed by atoms with Crippen LogP contribution in [0.25, 0.3) is 0 Å². The Morgan fingerprint density at radius 3 is 1.17 bits per heavy atom. The maximum absolute atomic E-state index is 16.7. The summed E-state index contributed by atoms with van der Waals surface area (Å²) in [5, 5.41) is 0. The van der Waals surface area contributed by atoms with Crippen LogP contribution in [0.2, 0.25) is 0 Å². The van der Waals surface area contributed by atoms with E-state index in [1.807, 2.05) is 0 Å². The molecule has 0 aromatic rings. The zero-order chi connectivity index (χ0) is 69.2. The van der Waals surface area contributed by atoms with Gasteiger partial charge in [-0.15, -0.1) is 0 Å². The van der Waals surface area contributed by atoms with Crippen molar-refractivity contribution >= 4 is 83.3 Å². The van der Waals surface area contributed by atoms with Crippen LogP contribution in [0, 0.1) is 39.9 Å². The summed E-state index contributed by atoms with van der Waals surface area (Å²) in [5.74, 6) is -23.7. The van der Waals surface area contributed by atoms with Gasteiger partial charge in [-0.3, -0.25) is 62.3 Å². The molecule has 89 heavy (non-hydrogen) atoms. The molecule has 0 aliphatic rings. The van der Waals surface area contributed by atoms with Crippen LogP contribution < -0.4 is 34.4 Å². The van der Waals surface area contributed by atoms with E-state index in [0.717, 1.165) is 13.8 Å². The molecule has 0 saturated carbocycles. The Balaban J connectivity index is 10.1. The van der Waals surface area contributed by atoms with Crippen LogP contribution in [0.3, 0.4) is 0 Å². The van der Waals surface area contributed by atoms with E-state index in [1.54, 1.807) is 13.8 Å². The summed E-state index contributed by atoms with van der Waals surface area (Å²) in [7, 11) is 0. The minimum absolute atomic E-state index is 0.110. The summed E-state index contributed by atoms with van der Waals surface area (Å²) in [6, 6.07) is -10.9. The number of carbonyl (C=O) groups excluding carboxylic acids is 14. The molecule has 0 radical (unpaired) electrons. The molecule has 30 nitrogen and oxygen atoms in total. The fraction of sp³-hybridized carbons (Fsp3) is 0.763. The van der Waals surface area contributed by atoms with Gasteiger partial charge in [0, 0.05) is 6.42 Å². The first-order chi connectivity index (χ1) is 41.3. The number of hydrogen-bond donors (Lipinski definition) is 6. The number of ether oxygens (including phenoxy) is 10. The van der Waals surface area contributed by atoms with Crippen molar-refractivity contribution in [2.24, 2.45) is 74.3 Å². The van der Waals surface area contributed by atoms with Crippen LogP contribution in [0.15, 0.2) is 0 Å². The summed E-state index contributed by atoms with van der Waals surface area (Å²) in [4.78, 5) is 203. The highest BCUT2D eigenvalue weighted by molar-refractivity contribution is 6.25. The lowest BCUT2D eigenvalue weighted by Gasteiger charge is -2.40. The van der Waals surface area contributed by atoms with E-state index in [0.29, 0.717) is 0 Å². The van der Waals surface area contributed by atoms with Gasteiger partial charge in [-0.2, -0.15) is 0 Å². The van der Waals surface area contributed by atoms with Gasteiger partial charge in [0.05, 0.1) is 56.7 Å². The SMILES string of the molecule is CCOC(=O)CC(OC(=O)[C@@H](N)C(C)C)C(OC(=O)[C@@H](N)C(C)C)C(=O)C(C=O)(C(=O)C(OC(=O)[C@@H](N)[C@@H](C)CC)C(CC(=O)OCC)OC(=O)[C@@H](N)[C@@H](C)CC)C(OC(=O)[C@@H](N)C(C)(C)C(=O)OCC)C(=O)CCOC(=O)[C@@H](N)[C@@](C)(CC)C(=O)OCC. The van der Waals surface area contributed by atoms with Crippen LogP contribution in [0.4, 0.5) is 0 Å². The second-order valence-electron chi connectivity index (χ2n) is 22.9. The van der Waals surface area contributed by atoms with Crippen molar-refractivity contribution in [1.82, 2.24) is 0 Å². The van der Waals surface area contributed by atoms with Crippen LogP contribution in [0.1, 0.15) is 149 Å². The van der Waals surface area contributed by atoms with Crippen molar-refractivity contribution in [2.75, 3.05) is 33.0 Å². The zero-order valence-electron chi connectivity index (χ0n) is 54.3.